The second-order valence-corrected chi connectivity index (χ2v) is 26.5. The molecule has 0 bridgehead atoms. The molecule has 3 N–H and O–H groups in total. The van der Waals surface area contributed by atoms with E-state index in [0.717, 1.165) is 102 Å². The molecule has 0 radical (unpaired) electrons. The highest BCUT2D eigenvalue weighted by atomic mass is 31.2. The number of hydrogen-bond acceptors (Lipinski definition) is 15. The third-order valence-electron chi connectivity index (χ3n) is 14.8. The van der Waals surface area contributed by atoms with Crippen molar-refractivity contribution in [3.8, 4) is 0 Å². The van der Waals surface area contributed by atoms with Gasteiger partial charge in [-0.1, -0.05) is 272 Å². The third-order valence-corrected chi connectivity index (χ3v) is 16.7. The molecule has 0 aliphatic heterocycles. The molecule has 0 aromatic carbocycles. The quantitative estimate of drug-likeness (QED) is 0.0222. The maximum absolute atomic E-state index is 13.0. The monoisotopic (exact) mass is 1230 g/mol. The lowest BCUT2D eigenvalue weighted by atomic mass is 10.0. The van der Waals surface area contributed by atoms with Crippen LogP contribution in [0.1, 0.15) is 324 Å². The van der Waals surface area contributed by atoms with Crippen LogP contribution in [-0.4, -0.2) is 96.7 Å². The van der Waals surface area contributed by atoms with Crippen LogP contribution in [0.15, 0.2) is 0 Å². The Morgan fingerprint density at radius 1 is 0.325 bits per heavy atom. The fourth-order valence-corrected chi connectivity index (χ4v) is 11.2. The summed E-state index contributed by atoms with van der Waals surface area (Å²) < 4.78 is 67.9. The summed E-state index contributed by atoms with van der Waals surface area (Å²) >= 11 is 0. The summed E-state index contributed by atoms with van der Waals surface area (Å²) in [5, 5.41) is 10.5. The standard InChI is InChI=1S/C64H124O17P2/c1-6-9-12-15-18-21-24-29-33-38-43-48-62(67)75-54-60(81-64(69)50-45-40-35-30-26-23-22-25-28-31-36-41-46-57(4)5)56-79-83(72,73)77-52-58(65)51-76-82(70,71)78-55-59(53-74-61(66)47-42-37-32-20-17-14-11-8-3)80-63(68)49-44-39-34-27-19-16-13-10-7-2/h57-60,65H,6-56H2,1-5H3,(H,70,71)(H,72,73)/t58-,59+,60+/m0/s1. The van der Waals surface area contributed by atoms with E-state index in [0.29, 0.717) is 25.7 Å². The van der Waals surface area contributed by atoms with Crippen molar-refractivity contribution >= 4 is 39.5 Å². The van der Waals surface area contributed by atoms with Crippen LogP contribution < -0.4 is 0 Å². The van der Waals surface area contributed by atoms with Crippen molar-refractivity contribution in [2.75, 3.05) is 39.6 Å². The smallest absolute Gasteiger partial charge is 0.462 e. The van der Waals surface area contributed by atoms with Gasteiger partial charge in [0.25, 0.3) is 0 Å². The van der Waals surface area contributed by atoms with Gasteiger partial charge in [-0.25, -0.2) is 9.13 Å². The van der Waals surface area contributed by atoms with E-state index in [1.165, 1.54) is 141 Å². The molecule has 0 rings (SSSR count). The summed E-state index contributed by atoms with van der Waals surface area (Å²) in [7, 11) is -9.88. The molecular formula is C64H124O17P2. The van der Waals surface area contributed by atoms with Crippen LogP contribution in [0.5, 0.6) is 0 Å². The number of carbonyl (C=O) groups is 4. The predicted molar refractivity (Wildman–Crippen MR) is 331 cm³/mol. The Hall–Kier alpha value is -1.94. The van der Waals surface area contributed by atoms with Crippen LogP contribution in [0, 0.1) is 5.92 Å². The van der Waals surface area contributed by atoms with Crippen molar-refractivity contribution in [1.29, 1.82) is 0 Å². The van der Waals surface area contributed by atoms with Crippen LogP contribution in [0.25, 0.3) is 0 Å². The predicted octanol–water partition coefficient (Wildman–Crippen LogP) is 17.8. The van der Waals surface area contributed by atoms with Gasteiger partial charge < -0.3 is 33.8 Å². The Bertz CT molecular complexity index is 1620. The lowest BCUT2D eigenvalue weighted by Crippen LogP contribution is -2.30. The Morgan fingerprint density at radius 2 is 0.554 bits per heavy atom. The molecule has 0 spiro atoms. The lowest BCUT2D eigenvalue weighted by molar-refractivity contribution is -0.161. The molecule has 0 amide bonds. The van der Waals surface area contributed by atoms with Gasteiger partial charge in [-0.05, 0) is 31.6 Å². The van der Waals surface area contributed by atoms with Crippen molar-refractivity contribution in [3.05, 3.63) is 0 Å². The summed E-state index contributed by atoms with van der Waals surface area (Å²) in [6.07, 6.45) is 41.6. The average molecular weight is 1230 g/mol. The number of rotatable bonds is 64. The molecule has 17 nitrogen and oxygen atoms in total. The largest absolute Gasteiger partial charge is 0.472 e. The maximum Gasteiger partial charge on any atom is 0.472 e. The zero-order valence-electron chi connectivity index (χ0n) is 53.3. The van der Waals surface area contributed by atoms with Gasteiger partial charge >= 0.3 is 39.5 Å². The molecule has 0 aliphatic rings. The van der Waals surface area contributed by atoms with E-state index in [9.17, 15) is 43.2 Å². The molecule has 2 unspecified atom stereocenters. The first-order valence-corrected chi connectivity index (χ1v) is 36.6. The second kappa shape index (κ2) is 57.8. The topological polar surface area (TPSA) is 237 Å². The van der Waals surface area contributed by atoms with Gasteiger partial charge in [0.15, 0.2) is 12.2 Å². The summed E-state index contributed by atoms with van der Waals surface area (Å²) in [4.78, 5) is 72.1. The van der Waals surface area contributed by atoms with Crippen LogP contribution >= 0.6 is 15.6 Å². The fraction of sp³-hybridized carbons (Fsp3) is 0.938. The molecule has 19 heteroatoms. The first kappa shape index (κ1) is 81.1. The van der Waals surface area contributed by atoms with E-state index in [1.807, 2.05) is 0 Å². The number of esters is 4. The zero-order valence-corrected chi connectivity index (χ0v) is 55.1. The van der Waals surface area contributed by atoms with Gasteiger partial charge in [0.05, 0.1) is 26.4 Å². The Labute approximate surface area is 505 Å². The van der Waals surface area contributed by atoms with Crippen molar-refractivity contribution < 1.29 is 80.2 Å². The van der Waals surface area contributed by atoms with Gasteiger partial charge in [-0.3, -0.25) is 37.3 Å². The molecule has 0 aromatic rings. The van der Waals surface area contributed by atoms with Crippen molar-refractivity contribution in [2.45, 2.75) is 342 Å². The van der Waals surface area contributed by atoms with Crippen molar-refractivity contribution in [2.24, 2.45) is 5.92 Å². The summed E-state index contributed by atoms with van der Waals surface area (Å²) in [5.74, 6) is -1.36. The molecule has 83 heavy (non-hydrogen) atoms. The van der Waals surface area contributed by atoms with Crippen molar-refractivity contribution in [3.63, 3.8) is 0 Å². The Balaban J connectivity index is 5.21. The number of phosphoric ester groups is 2. The van der Waals surface area contributed by atoms with E-state index in [-0.39, 0.29) is 25.7 Å². The van der Waals surface area contributed by atoms with E-state index < -0.39 is 97.5 Å². The number of aliphatic hydroxyl groups excluding tert-OH is 1. The number of ether oxygens (including phenoxy) is 4. The third kappa shape index (κ3) is 58.8. The van der Waals surface area contributed by atoms with E-state index in [2.05, 4.69) is 34.6 Å². The number of carbonyl (C=O) groups excluding carboxylic acids is 4. The highest BCUT2D eigenvalue weighted by Crippen LogP contribution is 2.45. The average Bonchev–Trinajstić information content (AvgIpc) is 3.45. The van der Waals surface area contributed by atoms with E-state index in [4.69, 9.17) is 37.0 Å². The molecule has 0 fully saturated rings. The highest BCUT2D eigenvalue weighted by Gasteiger charge is 2.30. The molecule has 0 saturated carbocycles. The van der Waals surface area contributed by atoms with Gasteiger partial charge in [-0.15, -0.1) is 0 Å². The molecule has 492 valence electrons. The van der Waals surface area contributed by atoms with Gasteiger partial charge in [0.2, 0.25) is 0 Å². The minimum atomic E-state index is -4.94. The molecule has 0 saturated heterocycles. The first-order valence-electron chi connectivity index (χ1n) is 33.6. The molecule has 0 heterocycles. The van der Waals surface area contributed by atoms with Crippen LogP contribution in [0.2, 0.25) is 0 Å². The second-order valence-electron chi connectivity index (χ2n) is 23.6. The maximum atomic E-state index is 13.0. The van der Waals surface area contributed by atoms with Crippen LogP contribution in [-0.2, 0) is 65.4 Å². The number of aliphatic hydroxyl groups is 1. The van der Waals surface area contributed by atoms with E-state index >= 15 is 0 Å². The minimum Gasteiger partial charge on any atom is -0.462 e. The van der Waals surface area contributed by atoms with Crippen LogP contribution in [0.4, 0.5) is 0 Å². The highest BCUT2D eigenvalue weighted by molar-refractivity contribution is 7.47. The summed E-state index contributed by atoms with van der Waals surface area (Å²) in [6.45, 7) is 7.16. The van der Waals surface area contributed by atoms with Crippen LogP contribution in [0.3, 0.4) is 0 Å². The molecular weight excluding hydrogens is 1100 g/mol. The SMILES string of the molecule is CCCCCCCCCCCCCC(=O)OC[C@H](COP(=O)(O)OC[C@@H](O)COP(=O)(O)OC[C@@H](COC(=O)CCCCCCCCCC)OC(=O)CCCCCCCCCCC)OC(=O)CCCCCCCCCCCCCCC(C)C. The molecule has 0 aromatic heterocycles. The number of hydrogen-bond donors (Lipinski definition) is 3. The Morgan fingerprint density at radius 3 is 0.819 bits per heavy atom. The van der Waals surface area contributed by atoms with Gasteiger partial charge in [0.1, 0.15) is 19.3 Å². The van der Waals surface area contributed by atoms with Gasteiger partial charge in [-0.2, -0.15) is 0 Å². The Kier molecular flexibility index (Phi) is 56.4. The number of unbranched alkanes of at least 4 members (excludes halogenated alkanes) is 36. The van der Waals surface area contributed by atoms with Crippen molar-refractivity contribution in [1.82, 2.24) is 0 Å². The number of phosphoric acid groups is 2. The minimum absolute atomic E-state index is 0.106. The van der Waals surface area contributed by atoms with E-state index in [1.54, 1.807) is 0 Å². The molecule has 0 aliphatic carbocycles. The lowest BCUT2D eigenvalue weighted by Gasteiger charge is -2.21. The van der Waals surface area contributed by atoms with Gasteiger partial charge in [0, 0.05) is 25.7 Å². The summed E-state index contributed by atoms with van der Waals surface area (Å²) in [5.41, 5.74) is 0. The first-order chi connectivity index (χ1) is 40.0. The normalized spacial score (nSPS) is 14.2. The zero-order chi connectivity index (χ0) is 61.3. The summed E-state index contributed by atoms with van der Waals surface area (Å²) in [6, 6.07) is 0. The molecule has 5 atom stereocenters. The fourth-order valence-electron chi connectivity index (χ4n) is 9.58.